The van der Waals surface area contributed by atoms with E-state index in [1.165, 1.54) is 13.3 Å². The Morgan fingerprint density at radius 3 is 2.43 bits per heavy atom. The first-order valence-electron chi connectivity index (χ1n) is 10.4. The van der Waals surface area contributed by atoms with Crippen LogP contribution in [0.15, 0.2) is 76.3 Å². The number of rotatable bonds is 8. The molecule has 0 fully saturated rings. The van der Waals surface area contributed by atoms with Crippen molar-refractivity contribution < 1.29 is 28.6 Å². The summed E-state index contributed by atoms with van der Waals surface area (Å²) >= 11 is 3.35. The molecule has 2 N–H and O–H groups in total. The van der Waals surface area contributed by atoms with Crippen LogP contribution in [0.3, 0.4) is 0 Å². The molecule has 0 aliphatic rings. The average molecular weight is 540 g/mol. The smallest absolute Gasteiger partial charge is 0.343 e. The van der Waals surface area contributed by atoms with Gasteiger partial charge in [-0.05, 0) is 61.5 Å². The molecule has 0 spiro atoms. The third-order valence-corrected chi connectivity index (χ3v) is 5.00. The minimum atomic E-state index is -0.991. The number of nitrogens with one attached hydrogen (secondary N) is 2. The first-order valence-corrected chi connectivity index (χ1v) is 11.2. The van der Waals surface area contributed by atoms with Crippen LogP contribution in [0.25, 0.3) is 0 Å². The predicted octanol–water partition coefficient (Wildman–Crippen LogP) is 4.16. The number of carbonyl (C=O) groups is 3. The van der Waals surface area contributed by atoms with Gasteiger partial charge in [0, 0.05) is 10.0 Å². The number of esters is 1. The number of hydrogen-bond acceptors (Lipinski definition) is 7. The molecule has 0 aromatic heterocycles. The van der Waals surface area contributed by atoms with Crippen LogP contribution in [0.5, 0.6) is 17.2 Å². The zero-order valence-electron chi connectivity index (χ0n) is 18.9. The fourth-order valence-electron chi connectivity index (χ4n) is 2.86. The van der Waals surface area contributed by atoms with Crippen LogP contribution < -0.4 is 25.0 Å². The number of halogens is 1. The van der Waals surface area contributed by atoms with Crippen LogP contribution in [0, 0.1) is 0 Å². The predicted molar refractivity (Wildman–Crippen MR) is 134 cm³/mol. The zero-order valence-corrected chi connectivity index (χ0v) is 20.5. The summed E-state index contributed by atoms with van der Waals surface area (Å²) in [4.78, 5) is 36.9. The van der Waals surface area contributed by atoms with Gasteiger partial charge in [-0.3, -0.25) is 9.59 Å². The van der Waals surface area contributed by atoms with E-state index in [2.05, 4.69) is 31.8 Å². The Labute approximate surface area is 210 Å². The van der Waals surface area contributed by atoms with Gasteiger partial charge in [0.1, 0.15) is 17.2 Å². The molecule has 3 rings (SSSR count). The summed E-state index contributed by atoms with van der Waals surface area (Å²) < 4.78 is 16.7. The topological polar surface area (TPSA) is 115 Å². The highest BCUT2D eigenvalue weighted by atomic mass is 79.9. The highest BCUT2D eigenvalue weighted by Crippen LogP contribution is 2.24. The third-order valence-electron chi connectivity index (χ3n) is 4.51. The van der Waals surface area contributed by atoms with Crippen molar-refractivity contribution in [3.8, 4) is 17.2 Å². The van der Waals surface area contributed by atoms with Gasteiger partial charge in [0.15, 0.2) is 0 Å². The number of methoxy groups -OCH3 is 1. The molecule has 0 bridgehead atoms. The van der Waals surface area contributed by atoms with Crippen molar-refractivity contribution in [3.05, 3.63) is 82.3 Å². The van der Waals surface area contributed by atoms with Gasteiger partial charge in [0.2, 0.25) is 0 Å². The summed E-state index contributed by atoms with van der Waals surface area (Å²) in [6.45, 7) is 2.39. The summed E-state index contributed by atoms with van der Waals surface area (Å²) in [5.41, 5.74) is 3.22. The Hall–Kier alpha value is -4.18. The number of amides is 2. The molecule has 10 heteroatoms. The summed E-state index contributed by atoms with van der Waals surface area (Å²) in [6, 6.07) is 18.1. The molecule has 0 aliphatic carbocycles. The lowest BCUT2D eigenvalue weighted by atomic mass is 10.2. The van der Waals surface area contributed by atoms with Crippen molar-refractivity contribution in [1.82, 2.24) is 5.43 Å². The second-order valence-electron chi connectivity index (χ2n) is 6.88. The van der Waals surface area contributed by atoms with E-state index in [0.29, 0.717) is 39.4 Å². The zero-order chi connectivity index (χ0) is 25.2. The van der Waals surface area contributed by atoms with Gasteiger partial charge >= 0.3 is 17.8 Å². The van der Waals surface area contributed by atoms with Crippen molar-refractivity contribution in [2.24, 2.45) is 5.10 Å². The largest absolute Gasteiger partial charge is 0.495 e. The van der Waals surface area contributed by atoms with E-state index in [9.17, 15) is 14.4 Å². The maximum absolute atomic E-state index is 12.6. The van der Waals surface area contributed by atoms with Crippen LogP contribution in [-0.4, -0.2) is 37.7 Å². The molecule has 0 radical (unpaired) electrons. The molecule has 2 amide bonds. The molecule has 0 saturated carbocycles. The highest BCUT2D eigenvalue weighted by molar-refractivity contribution is 9.10. The number of carbonyl (C=O) groups excluding carboxylic acids is 3. The van der Waals surface area contributed by atoms with Crippen LogP contribution in [0.4, 0.5) is 5.69 Å². The fourth-order valence-corrected chi connectivity index (χ4v) is 3.24. The lowest BCUT2D eigenvalue weighted by molar-refractivity contribution is -0.136. The van der Waals surface area contributed by atoms with Gasteiger partial charge in [-0.15, -0.1) is 0 Å². The number of nitrogens with zero attached hydrogens (tertiary/aromatic N) is 1. The Bertz CT molecular complexity index is 1240. The molecular weight excluding hydrogens is 518 g/mol. The Kier molecular flexibility index (Phi) is 8.96. The maximum atomic E-state index is 12.6. The Balaban J connectivity index is 1.66. The van der Waals surface area contributed by atoms with Crippen LogP contribution in [0.1, 0.15) is 22.8 Å². The number of hydrazone groups is 1. The molecule has 0 unspecified atom stereocenters. The first kappa shape index (κ1) is 25.4. The van der Waals surface area contributed by atoms with Gasteiger partial charge in [0.05, 0.1) is 31.2 Å². The first-order chi connectivity index (χ1) is 16.9. The van der Waals surface area contributed by atoms with Crippen molar-refractivity contribution in [2.75, 3.05) is 19.0 Å². The normalized spacial score (nSPS) is 10.5. The molecule has 180 valence electrons. The molecular formula is C25H22BrN3O6. The van der Waals surface area contributed by atoms with E-state index < -0.39 is 17.8 Å². The molecule has 9 nitrogen and oxygen atoms in total. The van der Waals surface area contributed by atoms with Crippen LogP contribution >= 0.6 is 15.9 Å². The monoisotopic (exact) mass is 539 g/mol. The summed E-state index contributed by atoms with van der Waals surface area (Å²) in [6.07, 6.45) is 1.26. The van der Waals surface area contributed by atoms with Crippen molar-refractivity contribution >= 4 is 45.6 Å². The Morgan fingerprint density at radius 2 is 1.71 bits per heavy atom. The van der Waals surface area contributed by atoms with Gasteiger partial charge < -0.3 is 19.5 Å². The molecule has 3 aromatic carbocycles. The molecule has 0 heterocycles. The molecule has 0 saturated heterocycles. The van der Waals surface area contributed by atoms with E-state index in [0.717, 1.165) is 0 Å². The lowest BCUT2D eigenvalue weighted by Gasteiger charge is -2.09. The Morgan fingerprint density at radius 1 is 0.971 bits per heavy atom. The van der Waals surface area contributed by atoms with E-state index in [1.54, 1.807) is 66.7 Å². The second kappa shape index (κ2) is 12.3. The SMILES string of the molecule is CCOc1ccc(C(=O)Oc2ccc(Br)cc2/C=N/NC(=O)C(=O)Nc2ccccc2OC)cc1. The summed E-state index contributed by atoms with van der Waals surface area (Å²) in [5, 5.41) is 6.27. The number of benzene rings is 3. The fraction of sp³-hybridized carbons (Fsp3) is 0.120. The molecule has 3 aromatic rings. The highest BCUT2D eigenvalue weighted by Gasteiger charge is 2.16. The molecule has 0 aliphatic heterocycles. The summed E-state index contributed by atoms with van der Waals surface area (Å²) in [7, 11) is 1.45. The number of anilines is 1. The van der Waals surface area contributed by atoms with Gasteiger partial charge in [-0.1, -0.05) is 28.1 Å². The minimum absolute atomic E-state index is 0.212. The molecule has 35 heavy (non-hydrogen) atoms. The minimum Gasteiger partial charge on any atom is -0.495 e. The van der Waals surface area contributed by atoms with Crippen LogP contribution in [0.2, 0.25) is 0 Å². The maximum Gasteiger partial charge on any atom is 0.343 e. The van der Waals surface area contributed by atoms with Gasteiger partial charge in [-0.2, -0.15) is 5.10 Å². The lowest BCUT2D eigenvalue weighted by Crippen LogP contribution is -2.32. The van der Waals surface area contributed by atoms with Crippen LogP contribution in [-0.2, 0) is 9.59 Å². The van der Waals surface area contributed by atoms with Crippen molar-refractivity contribution in [1.29, 1.82) is 0 Å². The van der Waals surface area contributed by atoms with E-state index >= 15 is 0 Å². The summed E-state index contributed by atoms with van der Waals surface area (Å²) in [5.74, 6) is -1.23. The van der Waals surface area contributed by atoms with Gasteiger partial charge in [-0.25, -0.2) is 10.2 Å². The van der Waals surface area contributed by atoms with E-state index in [4.69, 9.17) is 14.2 Å². The standard InChI is InChI=1S/C25H22BrN3O6/c1-3-34-19-11-8-16(9-12-19)25(32)35-21-13-10-18(26)14-17(21)15-27-29-24(31)23(30)28-20-6-4-5-7-22(20)33-2/h4-15H,3H2,1-2H3,(H,28,30)(H,29,31)/b27-15+. The number of ether oxygens (including phenoxy) is 3. The number of para-hydroxylation sites is 2. The molecule has 0 atom stereocenters. The quantitative estimate of drug-likeness (QED) is 0.146. The van der Waals surface area contributed by atoms with E-state index in [-0.39, 0.29) is 5.75 Å². The average Bonchev–Trinajstić information content (AvgIpc) is 2.86. The van der Waals surface area contributed by atoms with Gasteiger partial charge in [0.25, 0.3) is 0 Å². The van der Waals surface area contributed by atoms with Crippen molar-refractivity contribution in [3.63, 3.8) is 0 Å². The third kappa shape index (κ3) is 7.15. The van der Waals surface area contributed by atoms with E-state index in [1.807, 2.05) is 6.92 Å². The second-order valence-corrected chi connectivity index (χ2v) is 7.80. The van der Waals surface area contributed by atoms with Crippen molar-refractivity contribution in [2.45, 2.75) is 6.92 Å². The number of hydrogen-bond donors (Lipinski definition) is 2.